The Morgan fingerprint density at radius 1 is 0.600 bits per heavy atom. The fraction of sp³-hybridized carbons (Fsp3) is 0.375. The molecule has 0 spiro atoms. The Labute approximate surface area is 236 Å². The van der Waals surface area contributed by atoms with Gasteiger partial charge < -0.3 is 20.4 Å². The molecule has 0 unspecified atom stereocenters. The Bertz CT molecular complexity index is 1260. The minimum Gasteiger partial charge on any atom is -0.353 e. The van der Waals surface area contributed by atoms with Gasteiger partial charge >= 0.3 is 0 Å². The number of benzene rings is 2. The lowest BCUT2D eigenvalue weighted by Gasteiger charge is -2.29. The molecule has 0 radical (unpaired) electrons. The van der Waals surface area contributed by atoms with Crippen molar-refractivity contribution in [2.24, 2.45) is 0 Å². The Balaban J connectivity index is 1.92. The van der Waals surface area contributed by atoms with Crippen LogP contribution in [0.15, 0.2) is 71.1 Å². The smallest absolute Gasteiger partial charge is 0.266 e. The maximum atomic E-state index is 13.8. The highest BCUT2D eigenvalue weighted by atomic mass is 16.2. The molecule has 2 N–H and O–H groups in total. The average molecular weight is 537 g/mol. The number of carbonyl (C=O) groups is 2. The van der Waals surface area contributed by atoms with Crippen LogP contribution in [-0.2, 0) is 9.59 Å². The van der Waals surface area contributed by atoms with Gasteiger partial charge in [-0.3, -0.25) is 9.59 Å². The Morgan fingerprint density at radius 3 is 1.23 bits per heavy atom. The lowest BCUT2D eigenvalue weighted by atomic mass is 10.0. The maximum absolute atomic E-state index is 13.8. The summed E-state index contributed by atoms with van der Waals surface area (Å²) >= 11 is 0. The van der Waals surface area contributed by atoms with E-state index in [0.717, 1.165) is 49.7 Å². The number of nitrogens with one attached hydrogen (secondary N) is 2. The number of hydrogen-bond donors (Lipinski definition) is 2. The first-order valence-corrected chi connectivity index (χ1v) is 14.0. The van der Waals surface area contributed by atoms with E-state index in [0.29, 0.717) is 37.6 Å². The molecule has 2 aliphatic heterocycles. The maximum Gasteiger partial charge on any atom is 0.266 e. The molecule has 2 heterocycles. The van der Waals surface area contributed by atoms with Gasteiger partial charge in [0.2, 0.25) is 0 Å². The van der Waals surface area contributed by atoms with Crippen molar-refractivity contribution in [3.8, 4) is 12.1 Å². The van der Waals surface area contributed by atoms with Gasteiger partial charge in [0.05, 0.1) is 11.4 Å². The van der Waals surface area contributed by atoms with Gasteiger partial charge in [-0.2, -0.15) is 10.5 Å². The number of rotatable bonds is 7. The lowest BCUT2D eigenvalue weighted by Crippen LogP contribution is -2.38. The SMILES string of the molecule is Cc1ccc(NC(=C(\C#N)C(=O)N2CCCCC2)/C(Nc2ccc(C)cc2)=C(/C#N)C(=O)N2CCCCC2)cc1. The van der Waals surface area contributed by atoms with Crippen LogP contribution in [0.1, 0.15) is 49.7 Å². The summed E-state index contributed by atoms with van der Waals surface area (Å²) in [6, 6.07) is 19.3. The molecule has 2 aliphatic rings. The average Bonchev–Trinajstić information content (AvgIpc) is 2.99. The fourth-order valence-electron chi connectivity index (χ4n) is 4.99. The molecule has 8 heteroatoms. The molecule has 4 rings (SSSR count). The zero-order chi connectivity index (χ0) is 28.5. The summed E-state index contributed by atoms with van der Waals surface area (Å²) in [5, 5.41) is 27.3. The molecule has 2 saturated heterocycles. The van der Waals surface area contributed by atoms with Crippen LogP contribution in [0.25, 0.3) is 0 Å². The van der Waals surface area contributed by atoms with E-state index in [9.17, 15) is 20.1 Å². The van der Waals surface area contributed by atoms with E-state index < -0.39 is 11.8 Å². The lowest BCUT2D eigenvalue weighted by molar-refractivity contribution is -0.128. The molecule has 8 nitrogen and oxygen atoms in total. The molecule has 0 atom stereocenters. The summed E-state index contributed by atoms with van der Waals surface area (Å²) in [7, 11) is 0. The monoisotopic (exact) mass is 536 g/mol. The highest BCUT2D eigenvalue weighted by molar-refractivity contribution is 6.03. The van der Waals surface area contributed by atoms with Crippen molar-refractivity contribution in [1.29, 1.82) is 10.5 Å². The molecular weight excluding hydrogens is 500 g/mol. The number of hydrogen-bond acceptors (Lipinski definition) is 6. The van der Waals surface area contributed by atoms with Gasteiger partial charge in [0.15, 0.2) is 0 Å². The Kier molecular flexibility index (Phi) is 9.59. The van der Waals surface area contributed by atoms with Gasteiger partial charge in [0.25, 0.3) is 11.8 Å². The fourth-order valence-corrected chi connectivity index (χ4v) is 4.99. The largest absolute Gasteiger partial charge is 0.353 e. The third-order valence-electron chi connectivity index (χ3n) is 7.33. The van der Waals surface area contributed by atoms with Crippen molar-refractivity contribution in [1.82, 2.24) is 9.80 Å². The van der Waals surface area contributed by atoms with Crippen LogP contribution in [-0.4, -0.2) is 47.8 Å². The van der Waals surface area contributed by atoms with Gasteiger partial charge in [-0.25, -0.2) is 0 Å². The quantitative estimate of drug-likeness (QED) is 0.278. The van der Waals surface area contributed by atoms with Crippen molar-refractivity contribution in [2.75, 3.05) is 36.8 Å². The van der Waals surface area contributed by atoms with Crippen molar-refractivity contribution in [2.45, 2.75) is 52.4 Å². The van der Waals surface area contributed by atoms with Gasteiger partial charge in [-0.1, -0.05) is 35.4 Å². The van der Waals surface area contributed by atoms with Crippen LogP contribution < -0.4 is 10.6 Å². The minimum absolute atomic E-state index is 0.115. The molecule has 2 fully saturated rings. The second-order valence-electron chi connectivity index (χ2n) is 10.4. The number of anilines is 2. The molecule has 2 amide bonds. The topological polar surface area (TPSA) is 112 Å². The van der Waals surface area contributed by atoms with Crippen LogP contribution in [0.5, 0.6) is 0 Å². The van der Waals surface area contributed by atoms with Crippen LogP contribution in [0.2, 0.25) is 0 Å². The first-order valence-electron chi connectivity index (χ1n) is 14.0. The summed E-state index contributed by atoms with van der Waals surface area (Å²) in [6.45, 7) is 6.18. The van der Waals surface area contributed by atoms with E-state index in [1.54, 1.807) is 9.80 Å². The number of likely N-dealkylation sites (tertiary alicyclic amines) is 2. The number of nitriles is 2. The summed E-state index contributed by atoms with van der Waals surface area (Å²) < 4.78 is 0. The second-order valence-corrected chi connectivity index (χ2v) is 10.4. The molecule has 2 aromatic carbocycles. The zero-order valence-corrected chi connectivity index (χ0v) is 23.3. The molecule has 0 bridgehead atoms. The third-order valence-corrected chi connectivity index (χ3v) is 7.33. The van der Waals surface area contributed by atoms with Crippen LogP contribution in [0.3, 0.4) is 0 Å². The van der Waals surface area contributed by atoms with Gasteiger partial charge in [-0.15, -0.1) is 0 Å². The molecule has 0 aliphatic carbocycles. The van der Waals surface area contributed by atoms with Crippen LogP contribution in [0.4, 0.5) is 11.4 Å². The molecule has 0 saturated carbocycles. The number of nitrogens with zero attached hydrogens (tertiary/aromatic N) is 4. The standard InChI is InChI=1S/C32H36N6O2/c1-23-9-13-25(14-10-23)35-29(27(21-33)31(39)37-17-5-3-6-18-37)30(36-26-15-11-24(2)12-16-26)28(22-34)32(40)38-19-7-4-8-20-38/h9-16,35-36H,3-8,17-20H2,1-2H3/b29-27+,30-28+. The molecule has 40 heavy (non-hydrogen) atoms. The van der Waals surface area contributed by atoms with Crippen molar-refractivity contribution in [3.63, 3.8) is 0 Å². The number of amides is 2. The van der Waals surface area contributed by atoms with E-state index in [1.165, 1.54) is 0 Å². The highest BCUT2D eigenvalue weighted by Gasteiger charge is 2.30. The first kappa shape index (κ1) is 28.4. The van der Waals surface area contributed by atoms with E-state index in [-0.39, 0.29) is 22.5 Å². The summed E-state index contributed by atoms with van der Waals surface area (Å²) in [6.07, 6.45) is 5.54. The Morgan fingerprint density at radius 2 is 0.925 bits per heavy atom. The molecule has 0 aromatic heterocycles. The Hall–Kier alpha value is -4.56. The van der Waals surface area contributed by atoms with E-state index in [4.69, 9.17) is 0 Å². The number of piperidine rings is 2. The predicted octanol–water partition coefficient (Wildman–Crippen LogP) is 5.41. The molecular formula is C32H36N6O2. The van der Waals surface area contributed by atoms with Crippen molar-refractivity contribution in [3.05, 3.63) is 82.2 Å². The van der Waals surface area contributed by atoms with Gasteiger partial charge in [0.1, 0.15) is 23.3 Å². The first-order chi connectivity index (χ1) is 19.4. The summed E-state index contributed by atoms with van der Waals surface area (Å²) in [4.78, 5) is 30.9. The van der Waals surface area contributed by atoms with Gasteiger partial charge in [-0.05, 0) is 76.6 Å². The summed E-state index contributed by atoms with van der Waals surface area (Å²) in [5.74, 6) is -0.828. The van der Waals surface area contributed by atoms with E-state index in [1.807, 2.05) is 62.4 Å². The predicted molar refractivity (Wildman–Crippen MR) is 156 cm³/mol. The third kappa shape index (κ3) is 6.90. The van der Waals surface area contributed by atoms with Crippen molar-refractivity contribution < 1.29 is 9.59 Å². The van der Waals surface area contributed by atoms with E-state index in [2.05, 4.69) is 22.8 Å². The normalized spacial score (nSPS) is 16.6. The highest BCUT2D eigenvalue weighted by Crippen LogP contribution is 2.28. The van der Waals surface area contributed by atoms with Crippen LogP contribution >= 0.6 is 0 Å². The van der Waals surface area contributed by atoms with Gasteiger partial charge in [0, 0.05) is 37.6 Å². The molecule has 2 aromatic rings. The molecule has 206 valence electrons. The zero-order valence-electron chi connectivity index (χ0n) is 23.3. The second kappa shape index (κ2) is 13.5. The minimum atomic E-state index is -0.414. The number of aryl methyl sites for hydroxylation is 2. The van der Waals surface area contributed by atoms with Crippen LogP contribution in [0, 0.1) is 36.5 Å². The summed E-state index contributed by atoms with van der Waals surface area (Å²) in [5.41, 5.74) is 3.30. The van der Waals surface area contributed by atoms with Crippen molar-refractivity contribution >= 4 is 23.2 Å². The van der Waals surface area contributed by atoms with E-state index >= 15 is 0 Å². The number of carbonyl (C=O) groups excluding carboxylic acids is 2.